The zero-order valence-electron chi connectivity index (χ0n) is 16.4. The molecule has 2 unspecified atom stereocenters. The zero-order chi connectivity index (χ0) is 21.5. The van der Waals surface area contributed by atoms with Crippen LogP contribution in [0.1, 0.15) is 25.2 Å². The van der Waals surface area contributed by atoms with Crippen molar-refractivity contribution in [3.05, 3.63) is 53.1 Å². The van der Waals surface area contributed by atoms with Gasteiger partial charge >= 0.3 is 6.18 Å². The number of hydrogen-bond donors (Lipinski definition) is 0. The highest BCUT2D eigenvalue weighted by Gasteiger charge is 2.34. The van der Waals surface area contributed by atoms with Gasteiger partial charge in [-0.2, -0.15) is 13.2 Å². The number of ether oxygens (including phenoxy) is 1. The normalized spacial score (nSPS) is 20.6. The summed E-state index contributed by atoms with van der Waals surface area (Å²) in [4.78, 5) is 15.3. The number of hydrogen-bond acceptors (Lipinski definition) is 5. The summed E-state index contributed by atoms with van der Waals surface area (Å²) in [6.45, 7) is 6.06. The fraction of sp³-hybridized carbons (Fsp3) is 0.381. The molecule has 1 aliphatic heterocycles. The van der Waals surface area contributed by atoms with Crippen molar-refractivity contribution in [3.63, 3.8) is 0 Å². The van der Waals surface area contributed by atoms with Crippen LogP contribution in [0.4, 0.5) is 13.2 Å². The summed E-state index contributed by atoms with van der Waals surface area (Å²) < 4.78 is 46.0. The van der Waals surface area contributed by atoms with Gasteiger partial charge in [0, 0.05) is 24.8 Å². The number of aromatic nitrogens is 3. The van der Waals surface area contributed by atoms with E-state index >= 15 is 0 Å². The maximum atomic E-state index is 13.4. The number of nitrogens with zero attached hydrogens (tertiary/aromatic N) is 4. The van der Waals surface area contributed by atoms with Crippen LogP contribution >= 0.6 is 11.6 Å². The van der Waals surface area contributed by atoms with E-state index in [-0.39, 0.29) is 28.6 Å². The fourth-order valence-corrected chi connectivity index (χ4v) is 4.05. The molecule has 3 aromatic rings. The average Bonchev–Trinajstić information content (AvgIpc) is 2.66. The van der Waals surface area contributed by atoms with Crippen LogP contribution in [0.25, 0.3) is 22.2 Å². The van der Waals surface area contributed by atoms with Gasteiger partial charge in [-0.3, -0.25) is 4.90 Å². The smallest absolute Gasteiger partial charge is 0.373 e. The number of rotatable bonds is 3. The number of alkyl halides is 3. The van der Waals surface area contributed by atoms with E-state index in [9.17, 15) is 13.2 Å². The molecule has 0 amide bonds. The predicted octanol–water partition coefficient (Wildman–Crippen LogP) is 4.97. The van der Waals surface area contributed by atoms with Crippen LogP contribution in [0.2, 0.25) is 5.15 Å². The van der Waals surface area contributed by atoms with Crippen LogP contribution in [0, 0.1) is 0 Å². The summed E-state index contributed by atoms with van der Waals surface area (Å²) in [7, 11) is 0. The Balaban J connectivity index is 1.71. The number of fused-ring (bicyclic) bond motifs is 1. The lowest BCUT2D eigenvalue weighted by Crippen LogP contribution is -2.45. The first-order valence-corrected chi connectivity index (χ1v) is 9.95. The van der Waals surface area contributed by atoms with Crippen molar-refractivity contribution >= 4 is 22.5 Å². The molecule has 0 bridgehead atoms. The second-order valence-corrected chi connectivity index (χ2v) is 7.87. The van der Waals surface area contributed by atoms with Crippen molar-refractivity contribution in [1.29, 1.82) is 0 Å². The molecule has 2 atom stereocenters. The van der Waals surface area contributed by atoms with E-state index < -0.39 is 11.7 Å². The standard InChI is InChI=1S/C21H20ClF3N4O/c1-12-9-29(10-13(2)30-12)11-19-26-8-15-18(27-19)7-17(28-20(15)22)14-5-3-4-6-16(14)21(23,24)25/h3-8,12-13H,9-11H2,1-2H3. The quantitative estimate of drug-likeness (QED) is 0.542. The number of morpholine rings is 1. The molecule has 9 heteroatoms. The molecule has 0 N–H and O–H groups in total. The Morgan fingerprint density at radius 1 is 1.13 bits per heavy atom. The number of benzene rings is 1. The molecule has 0 spiro atoms. The van der Waals surface area contributed by atoms with Gasteiger partial charge in [-0.15, -0.1) is 0 Å². The molecule has 3 heterocycles. The first-order valence-electron chi connectivity index (χ1n) is 9.57. The molecule has 0 radical (unpaired) electrons. The Bertz CT molecular complexity index is 1070. The molecule has 4 rings (SSSR count). The largest absolute Gasteiger partial charge is 0.417 e. The Kier molecular flexibility index (Phi) is 5.65. The summed E-state index contributed by atoms with van der Waals surface area (Å²) in [5, 5.41) is 0.567. The van der Waals surface area contributed by atoms with Gasteiger partial charge < -0.3 is 4.74 Å². The minimum atomic E-state index is -4.50. The van der Waals surface area contributed by atoms with E-state index in [0.29, 0.717) is 23.3 Å². The van der Waals surface area contributed by atoms with Gasteiger partial charge in [0.15, 0.2) is 0 Å². The van der Waals surface area contributed by atoms with E-state index in [4.69, 9.17) is 16.3 Å². The van der Waals surface area contributed by atoms with Crippen molar-refractivity contribution < 1.29 is 17.9 Å². The average molecular weight is 437 g/mol. The second-order valence-electron chi connectivity index (χ2n) is 7.51. The third kappa shape index (κ3) is 4.40. The molecule has 0 aliphatic carbocycles. The van der Waals surface area contributed by atoms with Gasteiger partial charge in [0.1, 0.15) is 11.0 Å². The summed E-state index contributed by atoms with van der Waals surface area (Å²) >= 11 is 6.26. The summed E-state index contributed by atoms with van der Waals surface area (Å²) in [5.41, 5.74) is -0.219. The lowest BCUT2D eigenvalue weighted by atomic mass is 10.0. The van der Waals surface area contributed by atoms with E-state index in [0.717, 1.165) is 19.2 Å². The van der Waals surface area contributed by atoms with Gasteiger partial charge in [-0.25, -0.2) is 15.0 Å². The van der Waals surface area contributed by atoms with Crippen molar-refractivity contribution in [2.45, 2.75) is 38.8 Å². The first kappa shape index (κ1) is 21.0. The third-order valence-corrected chi connectivity index (χ3v) is 5.24. The molecule has 1 saturated heterocycles. The number of halogens is 4. The minimum Gasteiger partial charge on any atom is -0.373 e. The molecule has 1 aromatic carbocycles. The molecule has 30 heavy (non-hydrogen) atoms. The van der Waals surface area contributed by atoms with Gasteiger partial charge in [0.25, 0.3) is 0 Å². The van der Waals surface area contributed by atoms with Crippen LogP contribution in [0.15, 0.2) is 36.5 Å². The molecule has 1 fully saturated rings. The maximum absolute atomic E-state index is 13.4. The van der Waals surface area contributed by atoms with E-state index in [1.807, 2.05) is 13.8 Å². The minimum absolute atomic E-state index is 0.0372. The lowest BCUT2D eigenvalue weighted by Gasteiger charge is -2.34. The SMILES string of the molecule is CC1CN(Cc2ncc3c(Cl)nc(-c4ccccc4C(F)(F)F)cc3n2)CC(C)O1. The summed E-state index contributed by atoms with van der Waals surface area (Å²) in [6, 6.07) is 6.82. The Morgan fingerprint density at radius 3 is 2.53 bits per heavy atom. The van der Waals surface area contributed by atoms with Crippen LogP contribution < -0.4 is 0 Å². The van der Waals surface area contributed by atoms with Gasteiger partial charge in [-0.1, -0.05) is 29.8 Å². The molecule has 2 aromatic heterocycles. The highest BCUT2D eigenvalue weighted by Crippen LogP contribution is 2.37. The highest BCUT2D eigenvalue weighted by atomic mass is 35.5. The third-order valence-electron chi connectivity index (χ3n) is 4.95. The van der Waals surface area contributed by atoms with Gasteiger partial charge in [-0.05, 0) is 26.0 Å². The predicted molar refractivity (Wildman–Crippen MR) is 108 cm³/mol. The lowest BCUT2D eigenvalue weighted by molar-refractivity contribution is -0.137. The molecular weight excluding hydrogens is 417 g/mol. The van der Waals surface area contributed by atoms with Gasteiger partial charge in [0.05, 0.1) is 40.9 Å². The van der Waals surface area contributed by atoms with E-state index in [1.54, 1.807) is 6.20 Å². The molecular formula is C21H20ClF3N4O. The van der Waals surface area contributed by atoms with Gasteiger partial charge in [0.2, 0.25) is 0 Å². The number of pyridine rings is 1. The monoisotopic (exact) mass is 436 g/mol. The maximum Gasteiger partial charge on any atom is 0.417 e. The Hall–Kier alpha value is -2.29. The second kappa shape index (κ2) is 8.09. The summed E-state index contributed by atoms with van der Waals surface area (Å²) in [5.74, 6) is 0.570. The topological polar surface area (TPSA) is 51.1 Å². The van der Waals surface area contributed by atoms with E-state index in [1.165, 1.54) is 24.3 Å². The van der Waals surface area contributed by atoms with Crippen molar-refractivity contribution in [2.24, 2.45) is 0 Å². The van der Waals surface area contributed by atoms with Crippen LogP contribution in [0.3, 0.4) is 0 Å². The zero-order valence-corrected chi connectivity index (χ0v) is 17.2. The molecule has 158 valence electrons. The molecule has 1 aliphatic rings. The Labute approximate surface area is 176 Å². The molecule has 5 nitrogen and oxygen atoms in total. The van der Waals surface area contributed by atoms with Crippen molar-refractivity contribution in [3.8, 4) is 11.3 Å². The first-order chi connectivity index (χ1) is 14.2. The Morgan fingerprint density at radius 2 is 1.83 bits per heavy atom. The molecule has 0 saturated carbocycles. The van der Waals surface area contributed by atoms with Crippen molar-refractivity contribution in [2.75, 3.05) is 13.1 Å². The highest BCUT2D eigenvalue weighted by molar-refractivity contribution is 6.34. The van der Waals surface area contributed by atoms with Crippen molar-refractivity contribution in [1.82, 2.24) is 19.9 Å². The van der Waals surface area contributed by atoms with Crippen LogP contribution in [-0.4, -0.2) is 45.1 Å². The van der Waals surface area contributed by atoms with Crippen LogP contribution in [0.5, 0.6) is 0 Å². The summed E-state index contributed by atoms with van der Waals surface area (Å²) in [6.07, 6.45) is -2.71. The van der Waals surface area contributed by atoms with Crippen LogP contribution in [-0.2, 0) is 17.5 Å². The van der Waals surface area contributed by atoms with E-state index in [2.05, 4.69) is 19.9 Å². The fourth-order valence-electron chi connectivity index (χ4n) is 3.81.